The molecule has 15 heavy (non-hydrogen) atoms. The summed E-state index contributed by atoms with van der Waals surface area (Å²) in [6.45, 7) is 4.37. The first-order valence-corrected chi connectivity index (χ1v) is 5.60. The third kappa shape index (κ3) is 4.42. The highest BCUT2D eigenvalue weighted by atomic mass is 16.1. The summed E-state index contributed by atoms with van der Waals surface area (Å²) in [7, 11) is 0. The Morgan fingerprint density at radius 1 is 1.40 bits per heavy atom. The first-order valence-electron chi connectivity index (χ1n) is 5.60. The molecule has 1 atom stereocenters. The Morgan fingerprint density at radius 2 is 2.13 bits per heavy atom. The molecule has 2 N–H and O–H groups in total. The minimum absolute atomic E-state index is 0.0396. The molecule has 0 spiro atoms. The van der Waals surface area contributed by atoms with Crippen LogP contribution in [0.5, 0.6) is 0 Å². The number of nitrogens with two attached hydrogens (primary N) is 1. The minimum atomic E-state index is -0.179. The third-order valence-electron chi connectivity index (χ3n) is 2.93. The van der Waals surface area contributed by atoms with Gasteiger partial charge in [0.15, 0.2) is 0 Å². The van der Waals surface area contributed by atoms with Gasteiger partial charge in [-0.2, -0.15) is 0 Å². The molecule has 4 nitrogen and oxygen atoms in total. The van der Waals surface area contributed by atoms with Gasteiger partial charge in [-0.25, -0.2) is 0 Å². The second-order valence-corrected chi connectivity index (χ2v) is 4.35. The van der Waals surface area contributed by atoms with Crippen molar-refractivity contribution in [3.05, 3.63) is 0 Å². The number of Topliss-reactive ketones (excluding diaryl/α,β-unsaturated/α-hetero) is 1. The van der Waals surface area contributed by atoms with Gasteiger partial charge in [-0.15, -0.1) is 0 Å². The molecule has 1 aliphatic rings. The summed E-state index contributed by atoms with van der Waals surface area (Å²) in [6.07, 6.45) is 3.55. The summed E-state index contributed by atoms with van der Waals surface area (Å²) >= 11 is 0. The number of primary amides is 1. The predicted octanol–water partition coefficient (Wildman–Crippen LogP) is 0.553. The van der Waals surface area contributed by atoms with Crippen LogP contribution in [0, 0.1) is 5.92 Å². The van der Waals surface area contributed by atoms with E-state index < -0.39 is 0 Å². The van der Waals surface area contributed by atoms with Gasteiger partial charge in [0.1, 0.15) is 5.78 Å². The van der Waals surface area contributed by atoms with Gasteiger partial charge < -0.3 is 15.4 Å². The molecule has 0 bridgehead atoms. The van der Waals surface area contributed by atoms with Crippen molar-refractivity contribution in [2.24, 2.45) is 11.7 Å². The van der Waals surface area contributed by atoms with Crippen LogP contribution in [0.3, 0.4) is 0 Å². The van der Waals surface area contributed by atoms with E-state index in [0.717, 1.165) is 38.9 Å². The second kappa shape index (κ2) is 5.85. The van der Waals surface area contributed by atoms with Crippen molar-refractivity contribution in [1.29, 1.82) is 0 Å². The Hall–Kier alpha value is -0.900. The molecular formula is C11H20N2O2. The summed E-state index contributed by atoms with van der Waals surface area (Å²) in [6, 6.07) is 0. The van der Waals surface area contributed by atoms with E-state index in [1.807, 2.05) is 0 Å². The van der Waals surface area contributed by atoms with Gasteiger partial charge in [0.25, 0.3) is 0 Å². The zero-order chi connectivity index (χ0) is 11.3. The van der Waals surface area contributed by atoms with Crippen LogP contribution in [0.15, 0.2) is 0 Å². The van der Waals surface area contributed by atoms with E-state index in [1.165, 1.54) is 0 Å². The molecule has 0 radical (unpaired) electrons. The van der Waals surface area contributed by atoms with Crippen molar-refractivity contribution in [3.8, 4) is 0 Å². The number of nitrogens with zero attached hydrogens (tertiary/aromatic N) is 1. The molecule has 1 rings (SSSR count). The first kappa shape index (κ1) is 12.2. The van der Waals surface area contributed by atoms with Gasteiger partial charge in [0.2, 0.25) is 5.91 Å². The molecule has 1 amide bonds. The molecule has 0 aromatic rings. The van der Waals surface area contributed by atoms with E-state index in [2.05, 4.69) is 4.90 Å². The maximum absolute atomic E-state index is 10.9. The van der Waals surface area contributed by atoms with Crippen LogP contribution < -0.4 is 5.73 Å². The molecular weight excluding hydrogens is 192 g/mol. The van der Waals surface area contributed by atoms with Gasteiger partial charge in [0.05, 0.1) is 5.92 Å². The molecule has 0 aliphatic carbocycles. The van der Waals surface area contributed by atoms with Crippen LogP contribution in [0.2, 0.25) is 0 Å². The molecule has 0 aromatic carbocycles. The smallest absolute Gasteiger partial charge is 0.221 e. The van der Waals surface area contributed by atoms with E-state index in [-0.39, 0.29) is 17.6 Å². The normalized spacial score (nSPS) is 21.8. The average molecular weight is 212 g/mol. The fourth-order valence-corrected chi connectivity index (χ4v) is 1.98. The zero-order valence-electron chi connectivity index (χ0n) is 9.37. The maximum atomic E-state index is 10.9. The minimum Gasteiger partial charge on any atom is -0.369 e. The lowest BCUT2D eigenvalue weighted by Gasteiger charge is -2.14. The Bertz CT molecular complexity index is 241. The van der Waals surface area contributed by atoms with Crippen molar-refractivity contribution in [2.45, 2.75) is 32.6 Å². The van der Waals surface area contributed by atoms with Crippen molar-refractivity contribution in [2.75, 3.05) is 19.6 Å². The van der Waals surface area contributed by atoms with Crippen LogP contribution in [-0.2, 0) is 9.59 Å². The number of unbranched alkanes of at least 4 members (excludes halogenated alkanes) is 1. The quantitative estimate of drug-likeness (QED) is 0.654. The van der Waals surface area contributed by atoms with Gasteiger partial charge in [-0.05, 0) is 39.3 Å². The monoisotopic (exact) mass is 212 g/mol. The standard InChI is InChI=1S/C11H20N2O2/c1-9(14)4-2-3-6-13-7-5-10(8-13)11(12)15/h10H,2-8H2,1H3,(H2,12,15). The molecule has 1 saturated heterocycles. The van der Waals surface area contributed by atoms with Gasteiger partial charge in [-0.3, -0.25) is 4.79 Å². The van der Waals surface area contributed by atoms with E-state index in [4.69, 9.17) is 5.73 Å². The Balaban J connectivity index is 2.09. The summed E-state index contributed by atoms with van der Waals surface area (Å²) in [4.78, 5) is 23.9. The second-order valence-electron chi connectivity index (χ2n) is 4.35. The van der Waals surface area contributed by atoms with Gasteiger partial charge in [-0.1, -0.05) is 0 Å². The van der Waals surface area contributed by atoms with Crippen LogP contribution in [0.25, 0.3) is 0 Å². The lowest BCUT2D eigenvalue weighted by atomic mass is 10.1. The van der Waals surface area contributed by atoms with Crippen molar-refractivity contribution in [1.82, 2.24) is 4.90 Å². The van der Waals surface area contributed by atoms with Crippen molar-refractivity contribution >= 4 is 11.7 Å². The van der Waals surface area contributed by atoms with Crippen molar-refractivity contribution in [3.63, 3.8) is 0 Å². The van der Waals surface area contributed by atoms with Crippen LogP contribution >= 0.6 is 0 Å². The SMILES string of the molecule is CC(=O)CCCCN1CCC(C(N)=O)C1. The van der Waals surface area contributed by atoms with Gasteiger partial charge >= 0.3 is 0 Å². The number of carbonyl (C=O) groups excluding carboxylic acids is 2. The number of likely N-dealkylation sites (tertiary alicyclic amines) is 1. The summed E-state index contributed by atoms with van der Waals surface area (Å²) in [5, 5.41) is 0. The molecule has 1 unspecified atom stereocenters. The number of hydrogen-bond acceptors (Lipinski definition) is 3. The number of hydrogen-bond donors (Lipinski definition) is 1. The zero-order valence-corrected chi connectivity index (χ0v) is 9.37. The Kier molecular flexibility index (Phi) is 4.75. The molecule has 86 valence electrons. The van der Waals surface area contributed by atoms with Crippen LogP contribution in [-0.4, -0.2) is 36.2 Å². The Labute approximate surface area is 90.8 Å². The largest absolute Gasteiger partial charge is 0.369 e. The fraction of sp³-hybridized carbons (Fsp3) is 0.818. The highest BCUT2D eigenvalue weighted by Gasteiger charge is 2.25. The van der Waals surface area contributed by atoms with Crippen LogP contribution in [0.4, 0.5) is 0 Å². The highest BCUT2D eigenvalue weighted by molar-refractivity contribution is 5.77. The summed E-state index contributed by atoms with van der Waals surface area (Å²) < 4.78 is 0. The Morgan fingerprint density at radius 3 is 2.67 bits per heavy atom. The number of amides is 1. The predicted molar refractivity (Wildman–Crippen MR) is 58.3 cm³/mol. The fourth-order valence-electron chi connectivity index (χ4n) is 1.98. The van der Waals surface area contributed by atoms with E-state index in [1.54, 1.807) is 6.92 Å². The van der Waals surface area contributed by atoms with E-state index >= 15 is 0 Å². The van der Waals surface area contributed by atoms with E-state index in [0.29, 0.717) is 6.42 Å². The first-order chi connectivity index (χ1) is 7.09. The molecule has 1 aliphatic heterocycles. The number of carbonyl (C=O) groups is 2. The highest BCUT2D eigenvalue weighted by Crippen LogP contribution is 2.16. The lowest BCUT2D eigenvalue weighted by molar-refractivity contribution is -0.121. The van der Waals surface area contributed by atoms with Crippen molar-refractivity contribution < 1.29 is 9.59 Å². The average Bonchev–Trinajstić information content (AvgIpc) is 2.60. The molecule has 1 heterocycles. The molecule has 4 heteroatoms. The number of ketones is 1. The molecule has 0 aromatic heterocycles. The lowest BCUT2D eigenvalue weighted by Crippen LogP contribution is -2.28. The maximum Gasteiger partial charge on any atom is 0.221 e. The van der Waals surface area contributed by atoms with Gasteiger partial charge in [0, 0.05) is 13.0 Å². The summed E-state index contributed by atoms with van der Waals surface area (Å²) in [5.41, 5.74) is 5.24. The van der Waals surface area contributed by atoms with Crippen LogP contribution in [0.1, 0.15) is 32.6 Å². The molecule has 1 fully saturated rings. The van der Waals surface area contributed by atoms with E-state index in [9.17, 15) is 9.59 Å². The number of rotatable bonds is 6. The third-order valence-corrected chi connectivity index (χ3v) is 2.93. The summed E-state index contributed by atoms with van der Waals surface area (Å²) in [5.74, 6) is 0.116. The topological polar surface area (TPSA) is 63.4 Å². The molecule has 0 saturated carbocycles.